The van der Waals surface area contributed by atoms with E-state index < -0.39 is 131 Å². The molecule has 3 aliphatic heterocycles. The Morgan fingerprint density at radius 1 is 0.388 bits per heavy atom. The fraction of sp³-hybridized carbons (Fsp3) is 0.541. The number of ether oxygens (including phenoxy) is 2. The average molecular weight is 1350 g/mol. The molecule has 3 saturated heterocycles. The van der Waals surface area contributed by atoms with Crippen LogP contribution in [0.1, 0.15) is 142 Å². The molecule has 3 fully saturated rings. The van der Waals surface area contributed by atoms with Crippen LogP contribution in [0.4, 0.5) is 0 Å². The standard InChI is InChI=1S/C74H104N12O12/c1-45(2)39-57-67(89)81-59(41-49-27-31-53(32-28-49)97-43-51-19-11-9-12-20-51)73(95)85-37-17-25-61(85)69(91)84-64(48(7)8)72(94)78-56(24-16-36-76)66(88)80-58(40-46(3)4)68(90)82-60(42-50-29-33-54(34-30-50)98-44-52-21-13-10-14-22-52)74(96)86-38-18-26-62(86)70(92)83-63(47(5)6)71(93)77-55(23-15-35-75)65(87)79-57/h9-14,19-22,27-34,45-48,55-64H,15-18,23-26,35-44,75-76H2,1-8H3,(H,77,93)(H,78,94)(H,79,87)(H,80,88)(H,81,89)(H,82,90)(H,83,92)(H,84,91)/t55-,56+,57-,58-,59+,60+,61-,62-,63-,64-/m0/s1. The molecule has 0 spiro atoms. The van der Waals surface area contributed by atoms with Crippen LogP contribution in [-0.4, -0.2) is 155 Å². The summed E-state index contributed by atoms with van der Waals surface area (Å²) in [6.45, 7) is 15.5. The highest BCUT2D eigenvalue weighted by molar-refractivity contribution is 6.00. The van der Waals surface area contributed by atoms with E-state index >= 15 is 9.59 Å². The summed E-state index contributed by atoms with van der Waals surface area (Å²) in [6.07, 6.45) is 1.98. The van der Waals surface area contributed by atoms with Crippen molar-refractivity contribution in [2.45, 2.75) is 206 Å². The van der Waals surface area contributed by atoms with Gasteiger partial charge in [-0.25, -0.2) is 0 Å². The second-order valence-electron chi connectivity index (χ2n) is 27.6. The van der Waals surface area contributed by atoms with Gasteiger partial charge >= 0.3 is 0 Å². The predicted octanol–water partition coefficient (Wildman–Crippen LogP) is 4.39. The first-order chi connectivity index (χ1) is 46.9. The lowest BCUT2D eigenvalue weighted by molar-refractivity contribution is -0.143. The number of nitrogens with two attached hydrogens (primary N) is 2. The molecule has 24 heteroatoms. The molecule has 7 rings (SSSR count). The summed E-state index contributed by atoms with van der Waals surface area (Å²) >= 11 is 0. The minimum Gasteiger partial charge on any atom is -0.489 e. The van der Waals surface area contributed by atoms with E-state index in [0.29, 0.717) is 48.7 Å². The Morgan fingerprint density at radius 3 is 1.04 bits per heavy atom. The minimum absolute atomic E-state index is 0.0464. The molecule has 12 N–H and O–H groups in total. The number of rotatable bonds is 22. The molecule has 3 aliphatic rings. The van der Waals surface area contributed by atoms with E-state index in [1.165, 1.54) is 9.80 Å². The van der Waals surface area contributed by atoms with Crippen molar-refractivity contribution in [2.75, 3.05) is 26.2 Å². The summed E-state index contributed by atoms with van der Waals surface area (Å²) in [5.41, 5.74) is 15.2. The summed E-state index contributed by atoms with van der Waals surface area (Å²) in [6, 6.07) is 21.1. The van der Waals surface area contributed by atoms with Crippen molar-refractivity contribution in [3.05, 3.63) is 131 Å². The van der Waals surface area contributed by atoms with Crippen molar-refractivity contribution >= 4 is 59.1 Å². The Labute approximate surface area is 576 Å². The number of hydrogen-bond acceptors (Lipinski definition) is 14. The van der Waals surface area contributed by atoms with Crippen LogP contribution in [0.2, 0.25) is 0 Å². The molecule has 4 aromatic carbocycles. The largest absolute Gasteiger partial charge is 0.489 e. The lowest BCUT2D eigenvalue weighted by atomic mass is 9.98. The van der Waals surface area contributed by atoms with E-state index in [-0.39, 0.29) is 102 Å². The quantitative estimate of drug-likeness (QED) is 0.0522. The molecule has 0 saturated carbocycles. The van der Waals surface area contributed by atoms with Gasteiger partial charge in [-0.1, -0.05) is 140 Å². The van der Waals surface area contributed by atoms with Gasteiger partial charge in [-0.2, -0.15) is 0 Å². The van der Waals surface area contributed by atoms with Crippen LogP contribution >= 0.6 is 0 Å². The molecule has 24 nitrogen and oxygen atoms in total. The first kappa shape index (κ1) is 76.5. The fourth-order valence-electron chi connectivity index (χ4n) is 12.6. The smallest absolute Gasteiger partial charge is 0.246 e. The monoisotopic (exact) mass is 1350 g/mol. The summed E-state index contributed by atoms with van der Waals surface area (Å²) in [5, 5.41) is 23.1. The average Bonchev–Trinajstić information content (AvgIpc) is 1.48. The molecular formula is C74H104N12O12. The summed E-state index contributed by atoms with van der Waals surface area (Å²) < 4.78 is 12.1. The van der Waals surface area contributed by atoms with Crippen LogP contribution < -0.4 is 63.5 Å². The van der Waals surface area contributed by atoms with Crippen LogP contribution in [0, 0.1) is 23.7 Å². The zero-order chi connectivity index (χ0) is 71.0. The topological polar surface area (TPSA) is 344 Å². The Kier molecular flexibility index (Phi) is 29.4. The fourth-order valence-corrected chi connectivity index (χ4v) is 12.6. The van der Waals surface area contributed by atoms with E-state index in [1.807, 2.05) is 88.4 Å². The van der Waals surface area contributed by atoms with Crippen molar-refractivity contribution in [2.24, 2.45) is 35.1 Å². The highest BCUT2D eigenvalue weighted by Crippen LogP contribution is 2.25. The third-order valence-corrected chi connectivity index (χ3v) is 18.0. The second-order valence-corrected chi connectivity index (χ2v) is 27.6. The van der Waals surface area contributed by atoms with E-state index in [0.717, 1.165) is 11.1 Å². The van der Waals surface area contributed by atoms with Crippen molar-refractivity contribution < 1.29 is 57.4 Å². The van der Waals surface area contributed by atoms with E-state index in [2.05, 4.69) is 42.5 Å². The molecule has 4 aromatic rings. The number of hydrogen-bond donors (Lipinski definition) is 10. The van der Waals surface area contributed by atoms with E-state index in [1.54, 1.807) is 76.2 Å². The molecule has 0 aliphatic carbocycles. The Balaban J connectivity index is 1.25. The highest BCUT2D eigenvalue weighted by Gasteiger charge is 2.43. The minimum atomic E-state index is -1.30. The number of carbonyl (C=O) groups excluding carboxylic acids is 10. The summed E-state index contributed by atoms with van der Waals surface area (Å²) in [5.74, 6) is -7.07. The molecule has 0 bridgehead atoms. The van der Waals surface area contributed by atoms with Gasteiger partial charge in [-0.15, -0.1) is 0 Å². The van der Waals surface area contributed by atoms with Crippen LogP contribution in [0.15, 0.2) is 109 Å². The molecule has 0 radical (unpaired) electrons. The number of benzene rings is 4. The zero-order valence-corrected chi connectivity index (χ0v) is 58.2. The third-order valence-electron chi connectivity index (χ3n) is 18.0. The van der Waals surface area contributed by atoms with Gasteiger partial charge in [0, 0.05) is 25.9 Å². The van der Waals surface area contributed by atoms with Gasteiger partial charge in [0.15, 0.2) is 0 Å². The molecule has 3 heterocycles. The van der Waals surface area contributed by atoms with Crippen LogP contribution in [0.3, 0.4) is 0 Å². The maximum atomic E-state index is 15.3. The van der Waals surface area contributed by atoms with Gasteiger partial charge in [0.1, 0.15) is 85.1 Å². The van der Waals surface area contributed by atoms with Crippen molar-refractivity contribution in [3.63, 3.8) is 0 Å². The number of nitrogens with zero attached hydrogens (tertiary/aromatic N) is 2. The number of carbonyl (C=O) groups is 10. The maximum absolute atomic E-state index is 15.3. The van der Waals surface area contributed by atoms with Crippen molar-refractivity contribution in [1.29, 1.82) is 0 Å². The first-order valence-electron chi connectivity index (χ1n) is 34.9. The van der Waals surface area contributed by atoms with Crippen LogP contribution in [0.5, 0.6) is 11.5 Å². The van der Waals surface area contributed by atoms with Gasteiger partial charge < -0.3 is 73.3 Å². The van der Waals surface area contributed by atoms with Gasteiger partial charge in [0.2, 0.25) is 59.1 Å². The van der Waals surface area contributed by atoms with Gasteiger partial charge in [0.05, 0.1) is 0 Å². The van der Waals surface area contributed by atoms with E-state index in [4.69, 9.17) is 20.9 Å². The Bertz CT molecular complexity index is 3080. The Morgan fingerprint density at radius 2 is 0.714 bits per heavy atom. The molecule has 0 aromatic heterocycles. The molecule has 98 heavy (non-hydrogen) atoms. The predicted molar refractivity (Wildman–Crippen MR) is 372 cm³/mol. The molecule has 10 atom stereocenters. The molecule has 532 valence electrons. The van der Waals surface area contributed by atoms with E-state index in [9.17, 15) is 38.4 Å². The molecule has 0 unspecified atom stereocenters. The lowest BCUT2D eigenvalue weighted by Crippen LogP contribution is -2.62. The highest BCUT2D eigenvalue weighted by atomic mass is 16.5. The summed E-state index contributed by atoms with van der Waals surface area (Å²) in [4.78, 5) is 151. The molecular weight excluding hydrogens is 1250 g/mol. The second kappa shape index (κ2) is 37.7. The third kappa shape index (κ3) is 22.6. The lowest BCUT2D eigenvalue weighted by Gasteiger charge is -2.33. The van der Waals surface area contributed by atoms with Crippen LogP contribution in [-0.2, 0) is 74.0 Å². The first-order valence-corrected chi connectivity index (χ1v) is 34.9. The SMILES string of the molecule is CC(C)C[C@@H]1NC(=O)[C@H](CCCN)NC(=O)[C@H](C(C)C)NC(=O)[C@@H]2CCCN2C(=O)[C@@H](Cc2ccc(OCc3ccccc3)cc2)NC(=O)[C@H](CC(C)C)NC(=O)[C@@H](CCCN)NC(=O)[C@H](C(C)C)NC(=O)[C@@H]2CCCN2C(=O)[C@@H](Cc2ccc(OCc3ccccc3)cc2)NC1=O. The van der Waals surface area contributed by atoms with Crippen molar-refractivity contribution in [3.8, 4) is 11.5 Å². The number of fused-ring (bicyclic) bond motifs is 2. The van der Waals surface area contributed by atoms with Crippen LogP contribution in [0.25, 0.3) is 0 Å². The molecule has 10 amide bonds. The zero-order valence-electron chi connectivity index (χ0n) is 58.2. The maximum Gasteiger partial charge on any atom is 0.246 e. The Hall–Kier alpha value is -8.90. The van der Waals surface area contributed by atoms with Gasteiger partial charge in [0.25, 0.3) is 0 Å². The normalized spacial score (nSPS) is 24.0. The van der Waals surface area contributed by atoms with Gasteiger partial charge in [-0.05, 0) is 147 Å². The number of nitrogens with one attached hydrogen (secondary N) is 8. The van der Waals surface area contributed by atoms with Crippen molar-refractivity contribution in [1.82, 2.24) is 52.3 Å². The number of amides is 10. The summed E-state index contributed by atoms with van der Waals surface area (Å²) in [7, 11) is 0. The van der Waals surface area contributed by atoms with Gasteiger partial charge in [-0.3, -0.25) is 47.9 Å².